The first-order valence-electron chi connectivity index (χ1n) is 3.48. The molecule has 3 heterocycles. The van der Waals surface area contributed by atoms with Crippen LogP contribution in [0.4, 0.5) is 0 Å². The van der Waals surface area contributed by atoms with Crippen LogP contribution in [0.3, 0.4) is 0 Å². The van der Waals surface area contributed by atoms with E-state index >= 15 is 0 Å². The van der Waals surface area contributed by atoms with Gasteiger partial charge in [0.2, 0.25) is 4.96 Å². The predicted molar refractivity (Wildman–Crippen MR) is 46.2 cm³/mol. The van der Waals surface area contributed by atoms with Crippen LogP contribution in [0.25, 0.3) is 15.3 Å². The largest absolute Gasteiger partial charge is 0.256 e. The maximum Gasteiger partial charge on any atom is 0.218 e. The third-order valence-electron chi connectivity index (χ3n) is 1.70. The van der Waals surface area contributed by atoms with Crippen LogP contribution in [0.1, 0.15) is 0 Å². The van der Waals surface area contributed by atoms with E-state index in [9.17, 15) is 0 Å². The van der Waals surface area contributed by atoms with Crippen molar-refractivity contribution in [1.29, 1.82) is 0 Å². The highest BCUT2D eigenvalue weighted by Gasteiger charge is 2.04. The van der Waals surface area contributed by atoms with Gasteiger partial charge < -0.3 is 0 Å². The number of hydrogen-bond acceptors (Lipinski definition) is 4. The Balaban J connectivity index is 2.68. The molecule has 0 saturated carbocycles. The fourth-order valence-electron chi connectivity index (χ4n) is 1.18. The summed E-state index contributed by atoms with van der Waals surface area (Å²) >= 11 is 1.60. The van der Waals surface area contributed by atoms with E-state index < -0.39 is 0 Å². The lowest BCUT2D eigenvalue weighted by molar-refractivity contribution is 1.10. The lowest BCUT2D eigenvalue weighted by Crippen LogP contribution is -1.79. The van der Waals surface area contributed by atoms with Crippen molar-refractivity contribution in [1.82, 2.24) is 19.6 Å². The van der Waals surface area contributed by atoms with E-state index in [4.69, 9.17) is 0 Å². The van der Waals surface area contributed by atoms with Gasteiger partial charge in [-0.05, 0) is 12.1 Å². The summed E-state index contributed by atoms with van der Waals surface area (Å²) in [5.74, 6) is 0. The normalized spacial score (nSPS) is 11.3. The summed E-state index contributed by atoms with van der Waals surface area (Å²) in [6.07, 6.45) is 3.45. The van der Waals surface area contributed by atoms with E-state index in [1.54, 1.807) is 23.9 Å². The highest BCUT2D eigenvalue weighted by molar-refractivity contribution is 7.23. The minimum absolute atomic E-state index is 0.892. The molecule has 0 saturated heterocycles. The molecular weight excluding hydrogens is 172 g/mol. The Morgan fingerprint density at radius 2 is 2.42 bits per heavy atom. The van der Waals surface area contributed by atoms with E-state index in [2.05, 4.69) is 15.2 Å². The van der Waals surface area contributed by atoms with Crippen molar-refractivity contribution in [3.05, 3.63) is 24.7 Å². The van der Waals surface area contributed by atoms with Crippen molar-refractivity contribution < 1.29 is 0 Å². The van der Waals surface area contributed by atoms with Crippen molar-refractivity contribution in [3.8, 4) is 0 Å². The second-order valence-electron chi connectivity index (χ2n) is 2.41. The molecule has 0 unspecified atom stereocenters. The van der Waals surface area contributed by atoms with E-state index in [1.165, 1.54) is 0 Å². The lowest BCUT2D eigenvalue weighted by Gasteiger charge is -1.85. The zero-order valence-corrected chi connectivity index (χ0v) is 6.82. The number of thiazole rings is 1. The van der Waals surface area contributed by atoms with Crippen LogP contribution in [0.5, 0.6) is 0 Å². The molecule has 12 heavy (non-hydrogen) atoms. The van der Waals surface area contributed by atoms with Gasteiger partial charge in [0, 0.05) is 6.20 Å². The van der Waals surface area contributed by atoms with E-state index in [0.717, 1.165) is 15.3 Å². The summed E-state index contributed by atoms with van der Waals surface area (Å²) in [5.41, 5.74) is 0.933. The lowest BCUT2D eigenvalue weighted by atomic mass is 10.5. The van der Waals surface area contributed by atoms with Gasteiger partial charge >= 0.3 is 0 Å². The second-order valence-corrected chi connectivity index (χ2v) is 3.42. The Labute approximate surface area is 71.5 Å². The first-order valence-corrected chi connectivity index (χ1v) is 4.30. The summed E-state index contributed by atoms with van der Waals surface area (Å²) in [4.78, 5) is 5.13. The van der Waals surface area contributed by atoms with E-state index in [-0.39, 0.29) is 0 Å². The molecule has 0 amide bonds. The van der Waals surface area contributed by atoms with Crippen LogP contribution in [-0.4, -0.2) is 19.6 Å². The number of rotatable bonds is 0. The van der Waals surface area contributed by atoms with Gasteiger partial charge in [-0.25, -0.2) is 4.98 Å². The smallest absolute Gasteiger partial charge is 0.218 e. The highest BCUT2D eigenvalue weighted by atomic mass is 32.1. The van der Waals surface area contributed by atoms with Gasteiger partial charge in [0.1, 0.15) is 6.33 Å². The standard InChI is InChI=1S/C7H4N4S/c1-2-5-6(8-3-1)11-4-9-10-7(11)12-5/h1-4H. The van der Waals surface area contributed by atoms with Crippen LogP contribution in [-0.2, 0) is 0 Å². The zero-order chi connectivity index (χ0) is 7.97. The van der Waals surface area contributed by atoms with E-state index in [1.807, 2.05) is 16.5 Å². The first-order chi connectivity index (χ1) is 5.95. The molecule has 0 atom stereocenters. The summed E-state index contributed by atoms with van der Waals surface area (Å²) in [6, 6.07) is 3.95. The van der Waals surface area contributed by atoms with Gasteiger partial charge in [-0.1, -0.05) is 11.3 Å². The van der Waals surface area contributed by atoms with Crippen molar-refractivity contribution in [2.24, 2.45) is 0 Å². The molecular formula is C7H4N4S. The van der Waals surface area contributed by atoms with Crippen LogP contribution in [0, 0.1) is 0 Å². The molecule has 0 fully saturated rings. The Morgan fingerprint density at radius 1 is 1.42 bits per heavy atom. The second kappa shape index (κ2) is 2.01. The number of aromatic nitrogens is 4. The number of pyridine rings is 1. The molecule has 0 spiro atoms. The molecule has 0 aliphatic heterocycles. The van der Waals surface area contributed by atoms with Gasteiger partial charge in [0.15, 0.2) is 5.65 Å². The van der Waals surface area contributed by atoms with Gasteiger partial charge in [-0.2, -0.15) is 0 Å². The van der Waals surface area contributed by atoms with Crippen molar-refractivity contribution in [2.45, 2.75) is 0 Å². The molecule has 0 N–H and O–H groups in total. The van der Waals surface area contributed by atoms with Gasteiger partial charge in [-0.3, -0.25) is 4.40 Å². The highest BCUT2D eigenvalue weighted by Crippen LogP contribution is 2.21. The average Bonchev–Trinajstić information content (AvgIpc) is 2.62. The molecule has 4 nitrogen and oxygen atoms in total. The summed E-state index contributed by atoms with van der Waals surface area (Å²) in [5, 5.41) is 7.74. The van der Waals surface area contributed by atoms with Crippen molar-refractivity contribution in [3.63, 3.8) is 0 Å². The molecule has 3 aromatic rings. The number of hydrogen-bond donors (Lipinski definition) is 0. The minimum atomic E-state index is 0.892. The maximum atomic E-state index is 4.23. The molecule has 3 rings (SSSR count). The Morgan fingerprint density at radius 3 is 3.42 bits per heavy atom. The monoisotopic (exact) mass is 176 g/mol. The molecule has 0 radical (unpaired) electrons. The molecule has 0 aliphatic carbocycles. The quantitative estimate of drug-likeness (QED) is 0.519. The number of fused-ring (bicyclic) bond motifs is 3. The fraction of sp³-hybridized carbons (Fsp3) is 0. The molecule has 58 valence electrons. The van der Waals surface area contributed by atoms with E-state index in [0.29, 0.717) is 0 Å². The average molecular weight is 176 g/mol. The maximum absolute atomic E-state index is 4.23. The van der Waals surface area contributed by atoms with Gasteiger partial charge in [-0.15, -0.1) is 10.2 Å². The topological polar surface area (TPSA) is 43.1 Å². The fourth-order valence-corrected chi connectivity index (χ4v) is 2.09. The SMILES string of the molecule is c1cnc2c(c1)sc1nncn12. The van der Waals surface area contributed by atoms with Crippen molar-refractivity contribution >= 4 is 26.6 Å². The third-order valence-corrected chi connectivity index (χ3v) is 2.70. The summed E-state index contributed by atoms with van der Waals surface area (Å²) in [7, 11) is 0. The molecule has 0 aromatic carbocycles. The van der Waals surface area contributed by atoms with Crippen LogP contribution < -0.4 is 0 Å². The van der Waals surface area contributed by atoms with Gasteiger partial charge in [0.05, 0.1) is 4.70 Å². The van der Waals surface area contributed by atoms with Crippen LogP contribution in [0.15, 0.2) is 24.7 Å². The third kappa shape index (κ3) is 0.634. The van der Waals surface area contributed by atoms with Crippen LogP contribution >= 0.6 is 11.3 Å². The predicted octanol–water partition coefficient (Wildman–Crippen LogP) is 1.34. The molecule has 3 aromatic heterocycles. The van der Waals surface area contributed by atoms with Crippen LogP contribution in [0.2, 0.25) is 0 Å². The minimum Gasteiger partial charge on any atom is -0.256 e. The Hall–Kier alpha value is -1.49. The molecule has 0 aliphatic rings. The number of nitrogens with zero attached hydrogens (tertiary/aromatic N) is 4. The first kappa shape index (κ1) is 6.07. The Kier molecular flexibility index (Phi) is 1.02. The molecule has 0 bridgehead atoms. The Bertz CT molecular complexity index is 537. The summed E-state index contributed by atoms with van der Waals surface area (Å²) in [6.45, 7) is 0. The summed E-state index contributed by atoms with van der Waals surface area (Å²) < 4.78 is 3.03. The molecule has 5 heteroatoms. The van der Waals surface area contributed by atoms with Crippen molar-refractivity contribution in [2.75, 3.05) is 0 Å². The zero-order valence-electron chi connectivity index (χ0n) is 6.01. The van der Waals surface area contributed by atoms with Gasteiger partial charge in [0.25, 0.3) is 0 Å².